The number of fused-ring (bicyclic) bond motifs is 3. The van der Waals surface area contributed by atoms with E-state index in [0.717, 1.165) is 34.9 Å². The van der Waals surface area contributed by atoms with Gasteiger partial charge in [0, 0.05) is 35.1 Å². The summed E-state index contributed by atoms with van der Waals surface area (Å²) in [7, 11) is 0. The van der Waals surface area contributed by atoms with Crippen molar-refractivity contribution in [1.29, 1.82) is 0 Å². The van der Waals surface area contributed by atoms with Gasteiger partial charge in [-0.2, -0.15) is 0 Å². The second-order valence-electron chi connectivity index (χ2n) is 6.59. The zero-order chi connectivity index (χ0) is 17.2. The molecule has 0 aliphatic carbocycles. The molecule has 0 bridgehead atoms. The van der Waals surface area contributed by atoms with Gasteiger partial charge >= 0.3 is 5.97 Å². The highest BCUT2D eigenvalue weighted by atomic mass is 16.5. The molecule has 0 saturated carbocycles. The Morgan fingerprint density at radius 2 is 1.88 bits per heavy atom. The summed E-state index contributed by atoms with van der Waals surface area (Å²) < 4.78 is 5.08. The van der Waals surface area contributed by atoms with Crippen LogP contribution >= 0.6 is 0 Å². The third-order valence-corrected chi connectivity index (χ3v) is 4.92. The van der Waals surface area contributed by atoms with Crippen LogP contribution in [-0.4, -0.2) is 35.6 Å². The summed E-state index contributed by atoms with van der Waals surface area (Å²) >= 11 is 0. The van der Waals surface area contributed by atoms with Crippen LogP contribution in [0.3, 0.4) is 0 Å². The number of anilines is 1. The largest absolute Gasteiger partial charge is 0.461 e. The Hall–Kier alpha value is -2.56. The van der Waals surface area contributed by atoms with Crippen LogP contribution in [0, 0.1) is 0 Å². The molecule has 0 atom stereocenters. The van der Waals surface area contributed by atoms with Gasteiger partial charge in [-0.25, -0.2) is 9.78 Å². The van der Waals surface area contributed by atoms with E-state index in [0.29, 0.717) is 12.3 Å². The highest BCUT2D eigenvalue weighted by Gasteiger charge is 2.14. The van der Waals surface area contributed by atoms with Gasteiger partial charge in [0.15, 0.2) is 0 Å². The van der Waals surface area contributed by atoms with Gasteiger partial charge in [0.1, 0.15) is 5.69 Å². The number of benzene rings is 1. The number of esters is 1. The van der Waals surface area contributed by atoms with E-state index in [2.05, 4.69) is 33.1 Å². The molecule has 0 unspecified atom stereocenters. The summed E-state index contributed by atoms with van der Waals surface area (Å²) in [4.78, 5) is 22.1. The van der Waals surface area contributed by atoms with Crippen LogP contribution < -0.4 is 4.90 Å². The summed E-state index contributed by atoms with van der Waals surface area (Å²) in [5.74, 6) is -0.373. The molecular weight excluding hydrogens is 314 g/mol. The molecule has 0 amide bonds. The number of nitrogens with one attached hydrogen (secondary N) is 1. The molecule has 1 aliphatic rings. The lowest BCUT2D eigenvalue weighted by Crippen LogP contribution is -2.23. The maximum atomic E-state index is 12.0. The number of ether oxygens (including phenoxy) is 1. The molecule has 1 saturated heterocycles. The van der Waals surface area contributed by atoms with Crippen LogP contribution in [0.1, 0.15) is 43.1 Å². The number of carbonyl (C=O) groups is 1. The molecule has 1 fully saturated rings. The molecule has 1 aromatic carbocycles. The summed E-state index contributed by atoms with van der Waals surface area (Å²) in [5, 5.41) is 2.15. The molecular formula is C20H23N3O2. The predicted octanol–water partition coefficient (Wildman–Crippen LogP) is 4.27. The van der Waals surface area contributed by atoms with Crippen molar-refractivity contribution in [2.24, 2.45) is 0 Å². The van der Waals surface area contributed by atoms with Crippen molar-refractivity contribution in [3.05, 3.63) is 36.2 Å². The van der Waals surface area contributed by atoms with E-state index in [-0.39, 0.29) is 5.97 Å². The summed E-state index contributed by atoms with van der Waals surface area (Å²) in [6.45, 7) is 4.38. The minimum atomic E-state index is -0.373. The Kier molecular flexibility index (Phi) is 4.30. The number of hydrogen-bond acceptors (Lipinski definition) is 4. The van der Waals surface area contributed by atoms with Gasteiger partial charge in [-0.1, -0.05) is 12.8 Å². The van der Waals surface area contributed by atoms with Crippen molar-refractivity contribution in [2.75, 3.05) is 24.6 Å². The minimum absolute atomic E-state index is 0.353. The van der Waals surface area contributed by atoms with Gasteiger partial charge in [0.05, 0.1) is 18.3 Å². The van der Waals surface area contributed by atoms with E-state index in [4.69, 9.17) is 4.74 Å². The van der Waals surface area contributed by atoms with Crippen molar-refractivity contribution in [2.45, 2.75) is 32.6 Å². The fourth-order valence-corrected chi connectivity index (χ4v) is 3.63. The number of nitrogens with zero attached hydrogens (tertiary/aromatic N) is 2. The normalized spacial score (nSPS) is 15.5. The fraction of sp³-hybridized carbons (Fsp3) is 0.400. The topological polar surface area (TPSA) is 58.2 Å². The lowest BCUT2D eigenvalue weighted by Gasteiger charge is -2.22. The zero-order valence-corrected chi connectivity index (χ0v) is 14.5. The molecule has 5 nitrogen and oxygen atoms in total. The molecule has 1 N–H and O–H groups in total. The molecule has 25 heavy (non-hydrogen) atoms. The third kappa shape index (κ3) is 3.06. The maximum absolute atomic E-state index is 12.0. The summed E-state index contributed by atoms with van der Waals surface area (Å²) in [5.41, 5.74) is 3.62. The highest BCUT2D eigenvalue weighted by Crippen LogP contribution is 2.30. The van der Waals surface area contributed by atoms with Crippen LogP contribution in [-0.2, 0) is 4.74 Å². The fourth-order valence-electron chi connectivity index (χ4n) is 3.63. The molecule has 0 radical (unpaired) electrons. The average Bonchev–Trinajstić information content (AvgIpc) is 2.80. The summed E-state index contributed by atoms with van der Waals surface area (Å²) in [6.07, 6.45) is 6.86. The lowest BCUT2D eigenvalue weighted by molar-refractivity contribution is 0.0520. The smallest absolute Gasteiger partial charge is 0.356 e. The Bertz CT molecular complexity index is 908. The molecule has 130 valence electrons. The number of aromatic amines is 1. The quantitative estimate of drug-likeness (QED) is 0.725. The van der Waals surface area contributed by atoms with E-state index in [9.17, 15) is 4.79 Å². The Labute approximate surface area is 147 Å². The molecule has 3 aromatic rings. The first kappa shape index (κ1) is 15.9. The Balaban J connectivity index is 1.77. The van der Waals surface area contributed by atoms with Crippen LogP contribution in [0.5, 0.6) is 0 Å². The minimum Gasteiger partial charge on any atom is -0.461 e. The number of hydrogen-bond donors (Lipinski definition) is 1. The second-order valence-corrected chi connectivity index (χ2v) is 6.59. The number of H-pyrrole nitrogens is 1. The van der Waals surface area contributed by atoms with E-state index >= 15 is 0 Å². The Morgan fingerprint density at radius 3 is 2.64 bits per heavy atom. The first-order valence-electron chi connectivity index (χ1n) is 9.10. The van der Waals surface area contributed by atoms with Crippen LogP contribution in [0.4, 0.5) is 5.69 Å². The number of carbonyl (C=O) groups excluding carboxylic acids is 1. The monoisotopic (exact) mass is 337 g/mol. The standard InChI is InChI=1S/C20H23N3O2/c1-2-25-20(24)18-12-16-15-11-14(23-9-5-3-4-6-10-23)7-8-17(15)22-19(16)13-21-18/h7-8,11-13,22H,2-6,9-10H2,1H3. The van der Waals surface area contributed by atoms with Crippen LogP contribution in [0.2, 0.25) is 0 Å². The van der Waals surface area contributed by atoms with E-state index in [1.54, 1.807) is 13.1 Å². The van der Waals surface area contributed by atoms with E-state index < -0.39 is 0 Å². The van der Waals surface area contributed by atoms with Crippen molar-refractivity contribution >= 4 is 33.5 Å². The zero-order valence-electron chi connectivity index (χ0n) is 14.5. The van der Waals surface area contributed by atoms with E-state index in [1.165, 1.54) is 31.4 Å². The first-order valence-corrected chi connectivity index (χ1v) is 9.10. The van der Waals surface area contributed by atoms with Crippen LogP contribution in [0.25, 0.3) is 21.8 Å². The van der Waals surface area contributed by atoms with Crippen molar-refractivity contribution in [3.63, 3.8) is 0 Å². The number of pyridine rings is 1. The third-order valence-electron chi connectivity index (χ3n) is 4.92. The van der Waals surface area contributed by atoms with Crippen molar-refractivity contribution in [1.82, 2.24) is 9.97 Å². The molecule has 4 rings (SSSR count). The Morgan fingerprint density at radius 1 is 1.12 bits per heavy atom. The molecule has 5 heteroatoms. The second kappa shape index (κ2) is 6.75. The van der Waals surface area contributed by atoms with Gasteiger partial charge in [0.2, 0.25) is 0 Å². The molecule has 0 spiro atoms. The lowest BCUT2D eigenvalue weighted by atomic mass is 10.1. The van der Waals surface area contributed by atoms with Crippen molar-refractivity contribution < 1.29 is 9.53 Å². The molecule has 3 heterocycles. The number of aromatic nitrogens is 2. The average molecular weight is 337 g/mol. The van der Waals surface area contributed by atoms with Gasteiger partial charge < -0.3 is 14.6 Å². The van der Waals surface area contributed by atoms with Gasteiger partial charge in [-0.3, -0.25) is 0 Å². The first-order chi connectivity index (χ1) is 12.3. The van der Waals surface area contributed by atoms with Gasteiger partial charge in [-0.15, -0.1) is 0 Å². The predicted molar refractivity (Wildman–Crippen MR) is 100 cm³/mol. The molecule has 2 aromatic heterocycles. The highest BCUT2D eigenvalue weighted by molar-refractivity contribution is 6.09. The van der Waals surface area contributed by atoms with E-state index in [1.807, 2.05) is 6.07 Å². The van der Waals surface area contributed by atoms with Crippen LogP contribution in [0.15, 0.2) is 30.5 Å². The summed E-state index contributed by atoms with van der Waals surface area (Å²) in [6, 6.07) is 8.37. The van der Waals surface area contributed by atoms with Gasteiger partial charge in [-0.05, 0) is 44.0 Å². The van der Waals surface area contributed by atoms with Crippen molar-refractivity contribution in [3.8, 4) is 0 Å². The molecule has 1 aliphatic heterocycles. The number of rotatable bonds is 3. The SMILES string of the molecule is CCOC(=O)c1cc2c(cn1)[nH]c1ccc(N3CCCCCC3)cc12. The maximum Gasteiger partial charge on any atom is 0.356 e. The van der Waals surface area contributed by atoms with Gasteiger partial charge in [0.25, 0.3) is 0 Å².